The molecule has 0 aliphatic rings. The Balaban J connectivity index is 1.57. The van der Waals surface area contributed by atoms with Gasteiger partial charge in [0, 0.05) is 10.4 Å². The van der Waals surface area contributed by atoms with E-state index in [-0.39, 0.29) is 24.5 Å². The van der Waals surface area contributed by atoms with Crippen molar-refractivity contribution in [1.29, 1.82) is 0 Å². The van der Waals surface area contributed by atoms with E-state index < -0.39 is 5.82 Å². The summed E-state index contributed by atoms with van der Waals surface area (Å²) in [6, 6.07) is 17.3. The number of ether oxygens (including phenoxy) is 1. The lowest BCUT2D eigenvalue weighted by molar-refractivity contribution is 0.301. The summed E-state index contributed by atoms with van der Waals surface area (Å²) in [5.41, 5.74) is 1.97. The topological polar surface area (TPSA) is 49.0 Å². The van der Waals surface area contributed by atoms with Gasteiger partial charge < -0.3 is 9.30 Å². The van der Waals surface area contributed by atoms with Crippen LogP contribution in [0.5, 0.6) is 5.75 Å². The van der Waals surface area contributed by atoms with Crippen LogP contribution < -0.4 is 10.3 Å². The van der Waals surface area contributed by atoms with Crippen LogP contribution in [0.2, 0.25) is 5.02 Å². The molecule has 0 aliphatic heterocycles. The van der Waals surface area contributed by atoms with Crippen molar-refractivity contribution in [3.05, 3.63) is 106 Å². The summed E-state index contributed by atoms with van der Waals surface area (Å²) >= 11 is 6.27. The van der Waals surface area contributed by atoms with Crippen molar-refractivity contribution in [3.8, 4) is 5.75 Å². The third kappa shape index (κ3) is 4.07. The molecule has 5 nitrogen and oxygen atoms in total. The van der Waals surface area contributed by atoms with Crippen molar-refractivity contribution in [2.75, 3.05) is 6.61 Å². The van der Waals surface area contributed by atoms with Crippen LogP contribution in [0.4, 0.5) is 8.78 Å². The number of halogens is 3. The number of benzene rings is 3. The lowest BCUT2D eigenvalue weighted by atomic mass is 10.2. The van der Waals surface area contributed by atoms with Gasteiger partial charge in [-0.1, -0.05) is 29.8 Å². The molecule has 0 spiro atoms. The maximum atomic E-state index is 14.0. The van der Waals surface area contributed by atoms with E-state index in [1.165, 1.54) is 47.3 Å². The van der Waals surface area contributed by atoms with Gasteiger partial charge in [0.05, 0.1) is 24.9 Å². The average Bonchev–Trinajstić information content (AvgIpc) is 3.12. The molecule has 0 amide bonds. The summed E-state index contributed by atoms with van der Waals surface area (Å²) in [5, 5.41) is 1.11. The number of hydrogen-bond donors (Lipinski definition) is 0. The third-order valence-electron chi connectivity index (χ3n) is 5.48. The standard InChI is InChI=1S/C25H18ClF2N3O2/c26-21-4-2-1-3-16(21)14-30-15-29-23-20-13-18(28)7-10-22(20)31(24(23)25(30)32)11-12-33-19-8-5-17(27)6-9-19/h1-10,13,15H,11-12,14H2. The van der Waals surface area contributed by atoms with E-state index in [2.05, 4.69) is 4.98 Å². The van der Waals surface area contributed by atoms with Gasteiger partial charge in [0.1, 0.15) is 35.0 Å². The number of fused-ring (bicyclic) bond motifs is 3. The molecule has 0 radical (unpaired) electrons. The predicted octanol–water partition coefficient (Wildman–Crippen LogP) is 5.41. The number of aromatic nitrogens is 3. The lowest BCUT2D eigenvalue weighted by Crippen LogP contribution is -2.24. The largest absolute Gasteiger partial charge is 0.492 e. The van der Waals surface area contributed by atoms with Crippen LogP contribution in [0.15, 0.2) is 77.9 Å². The van der Waals surface area contributed by atoms with E-state index in [0.717, 1.165) is 5.56 Å². The quantitative estimate of drug-likeness (QED) is 0.337. The van der Waals surface area contributed by atoms with Gasteiger partial charge in [0.25, 0.3) is 5.56 Å². The molecule has 0 aliphatic carbocycles. The molecular formula is C25H18ClF2N3O2. The highest BCUT2D eigenvalue weighted by molar-refractivity contribution is 6.31. The molecule has 8 heteroatoms. The van der Waals surface area contributed by atoms with Crippen molar-refractivity contribution in [2.45, 2.75) is 13.1 Å². The van der Waals surface area contributed by atoms with Crippen LogP contribution >= 0.6 is 11.6 Å². The molecule has 5 aromatic rings. The zero-order valence-electron chi connectivity index (χ0n) is 17.3. The average molecular weight is 466 g/mol. The fourth-order valence-corrected chi connectivity index (χ4v) is 4.11. The van der Waals surface area contributed by atoms with Gasteiger partial charge in [0.2, 0.25) is 0 Å². The first-order chi connectivity index (χ1) is 16.0. The Morgan fingerprint density at radius 1 is 0.970 bits per heavy atom. The van der Waals surface area contributed by atoms with Gasteiger partial charge in [-0.05, 0) is 54.1 Å². The van der Waals surface area contributed by atoms with Crippen molar-refractivity contribution in [2.24, 2.45) is 0 Å². The smallest absolute Gasteiger partial charge is 0.278 e. The molecule has 5 rings (SSSR count). The fourth-order valence-electron chi connectivity index (χ4n) is 3.91. The van der Waals surface area contributed by atoms with Gasteiger partial charge in [0.15, 0.2) is 0 Å². The molecule has 166 valence electrons. The molecule has 2 aromatic heterocycles. The molecule has 0 atom stereocenters. The number of rotatable bonds is 6. The van der Waals surface area contributed by atoms with Gasteiger partial charge in [-0.15, -0.1) is 0 Å². The Kier molecular flexibility index (Phi) is 5.56. The minimum absolute atomic E-state index is 0.223. The predicted molar refractivity (Wildman–Crippen MR) is 124 cm³/mol. The molecule has 0 bridgehead atoms. The first-order valence-corrected chi connectivity index (χ1v) is 10.7. The minimum atomic E-state index is -0.411. The van der Waals surface area contributed by atoms with Crippen molar-refractivity contribution < 1.29 is 13.5 Å². The molecule has 0 N–H and O–H groups in total. The summed E-state index contributed by atoms with van der Waals surface area (Å²) in [7, 11) is 0. The van der Waals surface area contributed by atoms with Crippen LogP contribution in [0, 0.1) is 11.6 Å². The Bertz CT molecular complexity index is 1530. The van der Waals surface area contributed by atoms with Gasteiger partial charge in [-0.25, -0.2) is 13.8 Å². The highest BCUT2D eigenvalue weighted by atomic mass is 35.5. The Morgan fingerprint density at radius 2 is 1.73 bits per heavy atom. The van der Waals surface area contributed by atoms with Crippen LogP contribution in [0.25, 0.3) is 21.9 Å². The maximum Gasteiger partial charge on any atom is 0.278 e. The normalized spacial score (nSPS) is 11.4. The Labute approximate surface area is 192 Å². The summed E-state index contributed by atoms with van der Waals surface area (Å²) in [6.07, 6.45) is 1.46. The first-order valence-electron chi connectivity index (χ1n) is 10.3. The molecule has 0 saturated heterocycles. The van der Waals surface area contributed by atoms with Crippen LogP contribution in [-0.2, 0) is 13.1 Å². The third-order valence-corrected chi connectivity index (χ3v) is 5.85. The second-order valence-electron chi connectivity index (χ2n) is 7.58. The van der Waals surface area contributed by atoms with Crippen molar-refractivity contribution in [1.82, 2.24) is 14.1 Å². The van der Waals surface area contributed by atoms with E-state index in [4.69, 9.17) is 16.3 Å². The Hall–Kier alpha value is -3.71. The van der Waals surface area contributed by atoms with Crippen molar-refractivity contribution in [3.63, 3.8) is 0 Å². The monoisotopic (exact) mass is 465 g/mol. The fraction of sp³-hybridized carbons (Fsp3) is 0.120. The van der Waals surface area contributed by atoms with E-state index >= 15 is 0 Å². The molecule has 0 unspecified atom stereocenters. The maximum absolute atomic E-state index is 14.0. The van der Waals surface area contributed by atoms with E-state index in [1.54, 1.807) is 16.7 Å². The number of nitrogens with zero attached hydrogens (tertiary/aromatic N) is 3. The van der Waals surface area contributed by atoms with Gasteiger partial charge in [-0.3, -0.25) is 9.36 Å². The summed E-state index contributed by atoms with van der Waals surface area (Å²) in [4.78, 5) is 18.0. The summed E-state index contributed by atoms with van der Waals surface area (Å²) < 4.78 is 36.1. The number of hydrogen-bond acceptors (Lipinski definition) is 3. The molecule has 0 saturated carbocycles. The van der Waals surface area contributed by atoms with Crippen LogP contribution in [0.3, 0.4) is 0 Å². The second kappa shape index (κ2) is 8.67. The highest BCUT2D eigenvalue weighted by Crippen LogP contribution is 2.26. The summed E-state index contributed by atoms with van der Waals surface area (Å²) in [6.45, 7) is 0.792. The van der Waals surface area contributed by atoms with Crippen LogP contribution in [0.1, 0.15) is 5.56 Å². The van der Waals surface area contributed by atoms with E-state index in [0.29, 0.717) is 39.3 Å². The molecule has 3 aromatic carbocycles. The van der Waals surface area contributed by atoms with Gasteiger partial charge in [-0.2, -0.15) is 0 Å². The lowest BCUT2D eigenvalue weighted by Gasteiger charge is -2.11. The molecule has 2 heterocycles. The zero-order chi connectivity index (χ0) is 22.9. The van der Waals surface area contributed by atoms with Crippen LogP contribution in [-0.4, -0.2) is 20.7 Å². The van der Waals surface area contributed by atoms with E-state index in [9.17, 15) is 13.6 Å². The zero-order valence-corrected chi connectivity index (χ0v) is 18.1. The second-order valence-corrected chi connectivity index (χ2v) is 7.99. The minimum Gasteiger partial charge on any atom is -0.492 e. The van der Waals surface area contributed by atoms with Gasteiger partial charge >= 0.3 is 0 Å². The molecule has 0 fully saturated rings. The summed E-state index contributed by atoms with van der Waals surface area (Å²) in [5.74, 6) is -0.249. The first kappa shape index (κ1) is 21.2. The highest BCUT2D eigenvalue weighted by Gasteiger charge is 2.17. The SMILES string of the molecule is O=c1c2c(ncn1Cc1ccccc1Cl)c1cc(F)ccc1n2CCOc1ccc(F)cc1. The van der Waals surface area contributed by atoms with E-state index in [1.807, 2.05) is 18.2 Å². The van der Waals surface area contributed by atoms with Crippen molar-refractivity contribution >= 4 is 33.5 Å². The Morgan fingerprint density at radius 3 is 2.52 bits per heavy atom. The molecule has 33 heavy (non-hydrogen) atoms. The molecular weight excluding hydrogens is 448 g/mol.